The Kier molecular flexibility index (Phi) is 46.1. The van der Waals surface area contributed by atoms with Crippen molar-refractivity contribution >= 4 is 11.9 Å². The van der Waals surface area contributed by atoms with Gasteiger partial charge >= 0.3 is 11.9 Å². The van der Waals surface area contributed by atoms with E-state index < -0.39 is 0 Å². The van der Waals surface area contributed by atoms with Crippen molar-refractivity contribution in [2.75, 3.05) is 13.2 Å². The van der Waals surface area contributed by atoms with Gasteiger partial charge in [-0.15, -0.1) is 0 Å². The number of hydrogen-bond donors (Lipinski definition) is 0. The molecule has 0 aliphatic heterocycles. The highest BCUT2D eigenvalue weighted by atomic mass is 16.5. The Morgan fingerprint density at radius 3 is 0.810 bits per heavy atom. The first kappa shape index (κ1) is 56.9. The minimum atomic E-state index is 0.0763. The molecule has 0 saturated carbocycles. The fourth-order valence-electron chi connectivity index (χ4n) is 8.89. The molecule has 0 fully saturated rings. The van der Waals surface area contributed by atoms with E-state index in [0.29, 0.717) is 13.2 Å². The fourth-order valence-corrected chi connectivity index (χ4v) is 8.89. The van der Waals surface area contributed by atoms with E-state index in [-0.39, 0.29) is 23.8 Å². The Bertz CT molecular complexity index is 770. The van der Waals surface area contributed by atoms with Gasteiger partial charge in [0.1, 0.15) is 0 Å². The molecule has 0 bridgehead atoms. The van der Waals surface area contributed by atoms with Gasteiger partial charge in [0.15, 0.2) is 0 Å². The van der Waals surface area contributed by atoms with Gasteiger partial charge in [0, 0.05) is 0 Å². The van der Waals surface area contributed by atoms with E-state index in [1.807, 2.05) is 0 Å². The molecule has 2 unspecified atom stereocenters. The summed E-state index contributed by atoms with van der Waals surface area (Å²) < 4.78 is 11.5. The number of carbonyl (C=O) groups excluding carboxylic acids is 2. The molecule has 4 nitrogen and oxygen atoms in total. The first-order valence-corrected chi connectivity index (χ1v) is 26.9. The topological polar surface area (TPSA) is 52.6 Å². The lowest BCUT2D eigenvalue weighted by atomic mass is 9.89. The predicted octanol–water partition coefficient (Wildman–Crippen LogP) is 18.4. The highest BCUT2D eigenvalue weighted by Gasteiger charge is 2.20. The molecule has 2 atom stereocenters. The van der Waals surface area contributed by atoms with Crippen molar-refractivity contribution in [2.24, 2.45) is 17.8 Å². The van der Waals surface area contributed by atoms with Crippen LogP contribution in [0.3, 0.4) is 0 Å². The van der Waals surface area contributed by atoms with E-state index >= 15 is 0 Å². The summed E-state index contributed by atoms with van der Waals surface area (Å²) in [5.41, 5.74) is 0. The van der Waals surface area contributed by atoms with Gasteiger partial charge in [-0.25, -0.2) is 0 Å². The Morgan fingerprint density at radius 2 is 0.500 bits per heavy atom. The summed E-state index contributed by atoms with van der Waals surface area (Å²) in [6.07, 6.45) is 53.5. The summed E-state index contributed by atoms with van der Waals surface area (Å²) in [5, 5.41) is 0. The molecule has 58 heavy (non-hydrogen) atoms. The molecule has 4 heteroatoms. The molecule has 0 N–H and O–H groups in total. The van der Waals surface area contributed by atoms with Crippen LogP contribution in [0.1, 0.15) is 304 Å². The van der Waals surface area contributed by atoms with E-state index in [0.717, 1.165) is 70.1 Å². The van der Waals surface area contributed by atoms with Crippen molar-refractivity contribution in [3.63, 3.8) is 0 Å². The first-order valence-electron chi connectivity index (χ1n) is 26.9. The molecule has 0 heterocycles. The minimum Gasteiger partial charge on any atom is -0.465 e. The molecule has 0 amide bonds. The van der Waals surface area contributed by atoms with Crippen LogP contribution in [-0.4, -0.2) is 25.2 Å². The smallest absolute Gasteiger partial charge is 0.308 e. The molecule has 0 aliphatic carbocycles. The van der Waals surface area contributed by atoms with Gasteiger partial charge < -0.3 is 9.47 Å². The molecule has 0 rings (SSSR count). The second kappa shape index (κ2) is 47.0. The summed E-state index contributed by atoms with van der Waals surface area (Å²) in [5.74, 6) is 1.33. The van der Waals surface area contributed by atoms with Gasteiger partial charge in [-0.2, -0.15) is 0 Å². The van der Waals surface area contributed by atoms with Crippen LogP contribution in [0.5, 0.6) is 0 Å². The second-order valence-electron chi connectivity index (χ2n) is 18.7. The number of ether oxygens (including phenoxy) is 2. The zero-order chi connectivity index (χ0) is 42.4. The highest BCUT2D eigenvalue weighted by molar-refractivity contribution is 5.72. The summed E-state index contributed by atoms with van der Waals surface area (Å²) in [6, 6.07) is 0. The lowest BCUT2D eigenvalue weighted by Crippen LogP contribution is -2.18. The Morgan fingerprint density at radius 1 is 0.276 bits per heavy atom. The van der Waals surface area contributed by atoms with E-state index in [1.54, 1.807) is 0 Å². The number of esters is 2. The van der Waals surface area contributed by atoms with Gasteiger partial charge in [0.25, 0.3) is 0 Å². The van der Waals surface area contributed by atoms with E-state index in [9.17, 15) is 9.59 Å². The number of unbranched alkanes of at least 4 members (excludes halogenated alkanes) is 28. The highest BCUT2D eigenvalue weighted by Crippen LogP contribution is 2.26. The van der Waals surface area contributed by atoms with Crippen LogP contribution in [0.15, 0.2) is 0 Å². The third-order valence-electron chi connectivity index (χ3n) is 13.0. The maximum Gasteiger partial charge on any atom is 0.308 e. The monoisotopic (exact) mass is 819 g/mol. The summed E-state index contributed by atoms with van der Waals surface area (Å²) in [6.45, 7) is 12.5. The average molecular weight is 819 g/mol. The van der Waals surface area contributed by atoms with Gasteiger partial charge in [-0.1, -0.05) is 266 Å². The van der Waals surface area contributed by atoms with Crippen molar-refractivity contribution in [3.05, 3.63) is 0 Å². The fraction of sp³-hybridized carbons (Fsp3) is 0.963. The predicted molar refractivity (Wildman–Crippen MR) is 255 cm³/mol. The van der Waals surface area contributed by atoms with Crippen molar-refractivity contribution in [1.29, 1.82) is 0 Å². The molecular formula is C54H106O4. The molecule has 0 aromatic rings. The SMILES string of the molecule is CCCCCCCCCCCC(CCCCCCCCCOC(=O)C(CCCC)CCCCCC)CCCCCCCCCOC(=O)C(CCCC)CCCCCC. The van der Waals surface area contributed by atoms with Crippen LogP contribution in [0.25, 0.3) is 0 Å². The van der Waals surface area contributed by atoms with Crippen LogP contribution >= 0.6 is 0 Å². The zero-order valence-corrected chi connectivity index (χ0v) is 40.5. The third kappa shape index (κ3) is 39.1. The summed E-state index contributed by atoms with van der Waals surface area (Å²) in [7, 11) is 0. The van der Waals surface area contributed by atoms with Crippen molar-refractivity contribution < 1.29 is 19.1 Å². The second-order valence-corrected chi connectivity index (χ2v) is 18.7. The van der Waals surface area contributed by atoms with E-state index in [2.05, 4.69) is 34.6 Å². The van der Waals surface area contributed by atoms with E-state index in [4.69, 9.17) is 9.47 Å². The Balaban J connectivity index is 4.28. The lowest BCUT2D eigenvalue weighted by Gasteiger charge is -2.17. The van der Waals surface area contributed by atoms with Crippen LogP contribution in [0.4, 0.5) is 0 Å². The van der Waals surface area contributed by atoms with Gasteiger partial charge in [0.05, 0.1) is 25.0 Å². The molecule has 0 saturated heterocycles. The molecule has 0 spiro atoms. The normalized spacial score (nSPS) is 13.1. The summed E-state index contributed by atoms with van der Waals surface area (Å²) >= 11 is 0. The van der Waals surface area contributed by atoms with E-state index in [1.165, 1.54) is 205 Å². The van der Waals surface area contributed by atoms with Crippen LogP contribution in [-0.2, 0) is 19.1 Å². The van der Waals surface area contributed by atoms with Gasteiger partial charge in [0.2, 0.25) is 0 Å². The first-order chi connectivity index (χ1) is 28.5. The molecular weight excluding hydrogens is 713 g/mol. The van der Waals surface area contributed by atoms with Crippen molar-refractivity contribution in [2.45, 2.75) is 304 Å². The minimum absolute atomic E-state index is 0.0763. The average Bonchev–Trinajstić information content (AvgIpc) is 3.23. The number of carbonyl (C=O) groups is 2. The quantitative estimate of drug-likeness (QED) is 0.0453. The third-order valence-corrected chi connectivity index (χ3v) is 13.0. The molecule has 346 valence electrons. The van der Waals surface area contributed by atoms with Crippen molar-refractivity contribution in [3.8, 4) is 0 Å². The van der Waals surface area contributed by atoms with Crippen LogP contribution in [0, 0.1) is 17.8 Å². The molecule has 0 aromatic carbocycles. The largest absolute Gasteiger partial charge is 0.465 e. The Labute approximate surface area is 365 Å². The van der Waals surface area contributed by atoms with Crippen molar-refractivity contribution in [1.82, 2.24) is 0 Å². The lowest BCUT2D eigenvalue weighted by molar-refractivity contribution is -0.150. The zero-order valence-electron chi connectivity index (χ0n) is 40.5. The number of hydrogen-bond acceptors (Lipinski definition) is 4. The Hall–Kier alpha value is -1.06. The number of rotatable bonds is 48. The van der Waals surface area contributed by atoms with Gasteiger partial charge in [-0.05, 0) is 44.4 Å². The maximum absolute atomic E-state index is 12.7. The molecule has 0 aliphatic rings. The molecule has 0 aromatic heterocycles. The van der Waals surface area contributed by atoms with Gasteiger partial charge in [-0.3, -0.25) is 9.59 Å². The van der Waals surface area contributed by atoms with Crippen LogP contribution in [0.2, 0.25) is 0 Å². The standard InChI is InChI=1S/C54H106O4/c1-6-11-16-19-20-21-24-29-34-41-50(42-35-30-25-22-27-32-39-48-57-53(55)51(44-14-9-4)46-37-17-12-7-2)43-36-31-26-23-28-33-40-49-58-54(56)52(45-15-10-5)47-38-18-13-8-3/h50-52H,6-49H2,1-5H3. The summed E-state index contributed by atoms with van der Waals surface area (Å²) in [4.78, 5) is 25.5. The van der Waals surface area contributed by atoms with Crippen LogP contribution < -0.4 is 0 Å². The molecule has 0 radical (unpaired) electrons. The maximum atomic E-state index is 12.7.